The summed E-state index contributed by atoms with van der Waals surface area (Å²) in [5, 5.41) is 23.0. The minimum Gasteiger partial charge on any atom is -0.507 e. The van der Waals surface area contributed by atoms with Gasteiger partial charge in [-0.3, -0.25) is 0 Å². The molecule has 2 aromatic carbocycles. The van der Waals surface area contributed by atoms with Crippen molar-refractivity contribution in [3.63, 3.8) is 0 Å². The lowest BCUT2D eigenvalue weighted by Crippen LogP contribution is -2.22. The van der Waals surface area contributed by atoms with Crippen molar-refractivity contribution in [3.8, 4) is 11.5 Å². The molecule has 0 radical (unpaired) electrons. The summed E-state index contributed by atoms with van der Waals surface area (Å²) in [7, 11) is 0. The molecule has 4 aromatic rings. The Morgan fingerprint density at radius 1 is 0.853 bits per heavy atom. The highest BCUT2D eigenvalue weighted by atomic mass is 16.4. The van der Waals surface area contributed by atoms with E-state index < -0.39 is 17.2 Å². The van der Waals surface area contributed by atoms with Gasteiger partial charge in [0, 0.05) is 5.92 Å². The molecule has 0 saturated carbocycles. The van der Waals surface area contributed by atoms with E-state index in [1.54, 1.807) is 48.5 Å². The maximum atomic E-state index is 13.1. The Hall–Kier alpha value is -3.80. The van der Waals surface area contributed by atoms with Gasteiger partial charge in [0.2, 0.25) is 0 Å². The number of aromatic hydroxyl groups is 2. The maximum absolute atomic E-state index is 13.1. The zero-order valence-corrected chi connectivity index (χ0v) is 19.5. The molecular formula is C28H28O6. The normalized spacial score (nSPS) is 12.4. The molecule has 6 nitrogen and oxygen atoms in total. The van der Waals surface area contributed by atoms with Crippen molar-refractivity contribution in [2.24, 2.45) is 5.92 Å². The monoisotopic (exact) mass is 460 g/mol. The van der Waals surface area contributed by atoms with Crippen molar-refractivity contribution in [1.29, 1.82) is 0 Å². The van der Waals surface area contributed by atoms with E-state index in [1.807, 2.05) is 20.8 Å². The first-order valence-corrected chi connectivity index (χ1v) is 11.4. The van der Waals surface area contributed by atoms with Gasteiger partial charge in [0.25, 0.3) is 0 Å². The predicted octanol–water partition coefficient (Wildman–Crippen LogP) is 6.22. The second kappa shape index (κ2) is 9.59. The lowest BCUT2D eigenvalue weighted by atomic mass is 9.82. The number of benzene rings is 2. The van der Waals surface area contributed by atoms with Gasteiger partial charge in [0.05, 0.1) is 21.9 Å². The molecule has 1 atom stereocenters. The Balaban J connectivity index is 1.92. The van der Waals surface area contributed by atoms with Crippen LogP contribution >= 0.6 is 0 Å². The standard InChI is InChI=1S/C28H28O6/c1-16(2)9-8-10-17(3)15-20(23-25(29)18-11-4-6-13-21(18)33-27(23)31)24-26(30)19-12-5-7-14-22(19)34-28(24)32/h4-7,9,11-14,17,20,29-30H,8,10,15H2,1-3H3/t17-/m0/s1. The van der Waals surface area contributed by atoms with Crippen LogP contribution in [0.4, 0.5) is 0 Å². The third-order valence-electron chi connectivity index (χ3n) is 6.19. The second-order valence-electron chi connectivity index (χ2n) is 9.05. The molecule has 0 fully saturated rings. The fraction of sp³-hybridized carbons (Fsp3) is 0.286. The molecule has 4 rings (SSSR count). The van der Waals surface area contributed by atoms with Gasteiger partial charge in [-0.25, -0.2) is 9.59 Å². The average molecular weight is 461 g/mol. The first-order chi connectivity index (χ1) is 16.3. The summed E-state index contributed by atoms with van der Waals surface area (Å²) >= 11 is 0. The molecule has 6 heteroatoms. The predicted molar refractivity (Wildman–Crippen MR) is 133 cm³/mol. The summed E-state index contributed by atoms with van der Waals surface area (Å²) in [5.41, 5.74) is 0.118. The van der Waals surface area contributed by atoms with E-state index in [2.05, 4.69) is 6.08 Å². The van der Waals surface area contributed by atoms with Crippen molar-refractivity contribution in [3.05, 3.63) is 92.1 Å². The average Bonchev–Trinajstić information content (AvgIpc) is 2.78. The molecule has 176 valence electrons. The van der Waals surface area contributed by atoms with Gasteiger partial charge < -0.3 is 19.0 Å². The molecule has 2 N–H and O–H groups in total. The quantitative estimate of drug-likeness (QED) is 0.251. The van der Waals surface area contributed by atoms with Crippen LogP contribution in [0.5, 0.6) is 11.5 Å². The topological polar surface area (TPSA) is 101 Å². The van der Waals surface area contributed by atoms with Gasteiger partial charge in [0.1, 0.15) is 22.7 Å². The largest absolute Gasteiger partial charge is 0.507 e. The van der Waals surface area contributed by atoms with Gasteiger partial charge in [0.15, 0.2) is 0 Å². The summed E-state index contributed by atoms with van der Waals surface area (Å²) < 4.78 is 11.0. The summed E-state index contributed by atoms with van der Waals surface area (Å²) in [6, 6.07) is 13.4. The molecule has 0 aliphatic carbocycles. The van der Waals surface area contributed by atoms with Crippen molar-refractivity contribution in [1.82, 2.24) is 0 Å². The fourth-order valence-corrected chi connectivity index (χ4v) is 4.47. The van der Waals surface area contributed by atoms with E-state index in [-0.39, 0.29) is 39.7 Å². The van der Waals surface area contributed by atoms with Crippen LogP contribution in [0.15, 0.2) is 78.6 Å². The molecule has 0 spiro atoms. The first-order valence-electron chi connectivity index (χ1n) is 11.4. The third-order valence-corrected chi connectivity index (χ3v) is 6.19. The van der Waals surface area contributed by atoms with E-state index in [0.717, 1.165) is 12.8 Å². The van der Waals surface area contributed by atoms with E-state index in [4.69, 9.17) is 8.83 Å². The lowest BCUT2D eigenvalue weighted by Gasteiger charge is -2.22. The number of para-hydroxylation sites is 2. The van der Waals surface area contributed by atoms with Crippen LogP contribution in [0.3, 0.4) is 0 Å². The van der Waals surface area contributed by atoms with Crippen molar-refractivity contribution in [2.45, 2.75) is 46.0 Å². The van der Waals surface area contributed by atoms with Crippen molar-refractivity contribution < 1.29 is 19.0 Å². The van der Waals surface area contributed by atoms with Gasteiger partial charge in [-0.1, -0.05) is 42.8 Å². The van der Waals surface area contributed by atoms with Crippen LogP contribution in [0.2, 0.25) is 0 Å². The smallest absolute Gasteiger partial charge is 0.343 e. The second-order valence-corrected chi connectivity index (χ2v) is 9.05. The number of hydrogen-bond acceptors (Lipinski definition) is 6. The Bertz CT molecular complexity index is 1390. The van der Waals surface area contributed by atoms with E-state index >= 15 is 0 Å². The first kappa shape index (κ1) is 23.4. The van der Waals surface area contributed by atoms with Crippen molar-refractivity contribution in [2.75, 3.05) is 0 Å². The van der Waals surface area contributed by atoms with Crippen LogP contribution < -0.4 is 11.3 Å². The Labute approximate surface area is 196 Å². The highest BCUT2D eigenvalue weighted by Gasteiger charge is 2.32. The number of hydrogen-bond donors (Lipinski definition) is 2. The van der Waals surface area contributed by atoms with Crippen LogP contribution in [0.25, 0.3) is 21.9 Å². The van der Waals surface area contributed by atoms with Crippen molar-refractivity contribution >= 4 is 21.9 Å². The summed E-state index contributed by atoms with van der Waals surface area (Å²) in [6.07, 6.45) is 4.12. The van der Waals surface area contributed by atoms with Gasteiger partial charge in [-0.2, -0.15) is 0 Å². The molecule has 0 aliphatic rings. The van der Waals surface area contributed by atoms with E-state index in [0.29, 0.717) is 17.2 Å². The molecule has 0 saturated heterocycles. The van der Waals surface area contributed by atoms with E-state index in [9.17, 15) is 19.8 Å². The lowest BCUT2D eigenvalue weighted by molar-refractivity contribution is 0.403. The number of fused-ring (bicyclic) bond motifs is 2. The molecule has 0 bridgehead atoms. The van der Waals surface area contributed by atoms with Gasteiger partial charge in [-0.15, -0.1) is 0 Å². The highest BCUT2D eigenvalue weighted by molar-refractivity contribution is 5.86. The fourth-order valence-electron chi connectivity index (χ4n) is 4.47. The molecule has 0 unspecified atom stereocenters. The van der Waals surface area contributed by atoms with Crippen LogP contribution in [0, 0.1) is 5.92 Å². The minimum absolute atomic E-state index is 0.0503. The summed E-state index contributed by atoms with van der Waals surface area (Å²) in [6.45, 7) is 6.08. The molecule has 0 aliphatic heterocycles. The zero-order chi connectivity index (χ0) is 24.4. The zero-order valence-electron chi connectivity index (χ0n) is 19.5. The Morgan fingerprint density at radius 3 is 1.79 bits per heavy atom. The third kappa shape index (κ3) is 4.49. The molecule has 2 heterocycles. The number of rotatable bonds is 7. The Morgan fingerprint density at radius 2 is 1.32 bits per heavy atom. The Kier molecular flexibility index (Phi) is 6.59. The van der Waals surface area contributed by atoms with Crippen LogP contribution in [-0.4, -0.2) is 10.2 Å². The SMILES string of the molecule is CC(C)=CCC[C@H](C)CC(c1c(O)c2ccccc2oc1=O)c1c(O)c2ccccc2oc1=O. The molecule has 34 heavy (non-hydrogen) atoms. The van der Waals surface area contributed by atoms with Gasteiger partial charge >= 0.3 is 11.3 Å². The van der Waals surface area contributed by atoms with Crippen LogP contribution in [0.1, 0.15) is 57.1 Å². The van der Waals surface area contributed by atoms with Crippen LogP contribution in [-0.2, 0) is 0 Å². The van der Waals surface area contributed by atoms with E-state index in [1.165, 1.54) is 5.57 Å². The molecule has 0 amide bonds. The molecule has 2 aromatic heterocycles. The summed E-state index contributed by atoms with van der Waals surface area (Å²) in [5.74, 6) is -1.35. The number of allylic oxidation sites excluding steroid dienone is 2. The summed E-state index contributed by atoms with van der Waals surface area (Å²) in [4.78, 5) is 26.2. The minimum atomic E-state index is -0.914. The van der Waals surface area contributed by atoms with Gasteiger partial charge in [-0.05, 0) is 63.3 Å². The maximum Gasteiger partial charge on any atom is 0.343 e. The molecular weight excluding hydrogens is 432 g/mol. The highest BCUT2D eigenvalue weighted by Crippen LogP contribution is 2.41.